The van der Waals surface area contributed by atoms with Crippen molar-refractivity contribution in [3.63, 3.8) is 0 Å². The number of carbonyl (C=O) groups excluding carboxylic acids is 2. The highest BCUT2D eigenvalue weighted by molar-refractivity contribution is 5.99. The van der Waals surface area contributed by atoms with E-state index in [0.29, 0.717) is 18.2 Å². The van der Waals surface area contributed by atoms with E-state index in [1.54, 1.807) is 0 Å². The van der Waals surface area contributed by atoms with Crippen LogP contribution in [0.25, 0.3) is 11.1 Å². The molecular formula is C35H51N5O3. The maximum absolute atomic E-state index is 13.8. The Morgan fingerprint density at radius 2 is 1.84 bits per heavy atom. The van der Waals surface area contributed by atoms with Gasteiger partial charge in [-0.25, -0.2) is 0 Å². The summed E-state index contributed by atoms with van der Waals surface area (Å²) >= 11 is 0. The Bertz CT molecular complexity index is 1230. The molecule has 0 saturated carbocycles. The number of amides is 2. The van der Waals surface area contributed by atoms with Gasteiger partial charge in [0.2, 0.25) is 5.91 Å². The van der Waals surface area contributed by atoms with Crippen molar-refractivity contribution in [3.05, 3.63) is 53.1 Å². The predicted molar refractivity (Wildman–Crippen MR) is 173 cm³/mol. The lowest BCUT2D eigenvalue weighted by atomic mass is 9.84. The fraction of sp³-hybridized carbons (Fsp3) is 0.600. The Balaban J connectivity index is 1.42. The molecule has 3 fully saturated rings. The second-order valence-electron chi connectivity index (χ2n) is 12.8. The van der Waals surface area contributed by atoms with Crippen molar-refractivity contribution in [3.8, 4) is 11.1 Å². The molecule has 0 aliphatic carbocycles. The van der Waals surface area contributed by atoms with Crippen LogP contribution in [0.15, 0.2) is 36.4 Å². The van der Waals surface area contributed by atoms with E-state index in [9.17, 15) is 9.59 Å². The minimum atomic E-state index is -0.218. The molecule has 2 amide bonds. The first kappa shape index (κ1) is 31.5. The van der Waals surface area contributed by atoms with Crippen molar-refractivity contribution in [2.75, 3.05) is 57.4 Å². The fourth-order valence-corrected chi connectivity index (χ4v) is 7.12. The molecule has 8 heteroatoms. The van der Waals surface area contributed by atoms with Gasteiger partial charge in [0.15, 0.2) is 0 Å². The first-order valence-electron chi connectivity index (χ1n) is 16.4. The number of hydrogen-bond acceptors (Lipinski definition) is 6. The first-order valence-corrected chi connectivity index (χ1v) is 16.4. The number of rotatable bonds is 9. The second kappa shape index (κ2) is 14.7. The van der Waals surface area contributed by atoms with Crippen LogP contribution in [-0.2, 0) is 16.1 Å². The molecule has 234 valence electrons. The Morgan fingerprint density at radius 1 is 1.07 bits per heavy atom. The summed E-state index contributed by atoms with van der Waals surface area (Å²) in [6, 6.07) is 13.7. The number of hydrogen-bond donors (Lipinski definition) is 3. The van der Waals surface area contributed by atoms with Crippen LogP contribution in [0.4, 0.5) is 5.69 Å². The Kier molecular flexibility index (Phi) is 10.8. The number of nitrogens with zero attached hydrogens (tertiary/aromatic N) is 2. The molecule has 43 heavy (non-hydrogen) atoms. The maximum atomic E-state index is 13.8. The summed E-state index contributed by atoms with van der Waals surface area (Å²) in [5.41, 5.74) is 6.22. The average Bonchev–Trinajstić information content (AvgIpc) is 3.27. The number of nitrogens with one attached hydrogen (secondary N) is 3. The highest BCUT2D eigenvalue weighted by atomic mass is 16.5. The third-order valence-corrected chi connectivity index (χ3v) is 9.65. The molecule has 0 bridgehead atoms. The van der Waals surface area contributed by atoms with Crippen LogP contribution in [0.5, 0.6) is 0 Å². The van der Waals surface area contributed by atoms with Crippen LogP contribution < -0.4 is 20.9 Å². The summed E-state index contributed by atoms with van der Waals surface area (Å²) in [6.07, 6.45) is 4.06. The van der Waals surface area contributed by atoms with Gasteiger partial charge < -0.3 is 25.6 Å². The Morgan fingerprint density at radius 3 is 2.56 bits per heavy atom. The number of anilines is 1. The Hall–Kier alpha value is -2.94. The molecule has 3 atom stereocenters. The number of piperidine rings is 1. The van der Waals surface area contributed by atoms with Crippen LogP contribution >= 0.6 is 0 Å². The average molecular weight is 590 g/mol. The lowest BCUT2D eigenvalue weighted by Crippen LogP contribution is -2.50. The van der Waals surface area contributed by atoms with Crippen LogP contribution in [0.1, 0.15) is 67.9 Å². The van der Waals surface area contributed by atoms with Crippen LogP contribution in [0, 0.1) is 18.8 Å². The van der Waals surface area contributed by atoms with Gasteiger partial charge in [-0.1, -0.05) is 31.2 Å². The number of benzene rings is 2. The van der Waals surface area contributed by atoms with Crippen molar-refractivity contribution < 1.29 is 14.3 Å². The third-order valence-electron chi connectivity index (χ3n) is 9.65. The van der Waals surface area contributed by atoms with Gasteiger partial charge in [0.05, 0.1) is 5.92 Å². The highest BCUT2D eigenvalue weighted by Crippen LogP contribution is 2.34. The van der Waals surface area contributed by atoms with Gasteiger partial charge >= 0.3 is 0 Å². The quantitative estimate of drug-likeness (QED) is 0.403. The van der Waals surface area contributed by atoms with Gasteiger partial charge in [-0.2, -0.15) is 0 Å². The summed E-state index contributed by atoms with van der Waals surface area (Å²) in [5, 5.41) is 9.68. The van der Waals surface area contributed by atoms with E-state index >= 15 is 0 Å². The monoisotopic (exact) mass is 589 g/mol. The molecule has 0 radical (unpaired) electrons. The summed E-state index contributed by atoms with van der Waals surface area (Å²) in [5.74, 6) is -0.0789. The molecular weight excluding hydrogens is 538 g/mol. The third kappa shape index (κ3) is 7.78. The van der Waals surface area contributed by atoms with Crippen molar-refractivity contribution in [1.29, 1.82) is 0 Å². The molecule has 0 spiro atoms. The van der Waals surface area contributed by atoms with E-state index in [0.717, 1.165) is 94.1 Å². The topological polar surface area (TPSA) is 85.9 Å². The molecule has 3 saturated heterocycles. The van der Waals surface area contributed by atoms with E-state index in [1.165, 1.54) is 12.0 Å². The van der Waals surface area contributed by atoms with Gasteiger partial charge in [-0.15, -0.1) is 0 Å². The Labute approximate surface area is 257 Å². The number of ether oxygens (including phenoxy) is 1. The molecule has 3 unspecified atom stereocenters. The minimum absolute atomic E-state index is 0.0333. The lowest BCUT2D eigenvalue weighted by molar-refractivity contribution is -0.129. The van der Waals surface area contributed by atoms with E-state index in [2.05, 4.69) is 76.9 Å². The van der Waals surface area contributed by atoms with Crippen molar-refractivity contribution >= 4 is 17.5 Å². The zero-order valence-corrected chi connectivity index (χ0v) is 26.6. The summed E-state index contributed by atoms with van der Waals surface area (Å²) in [6.45, 7) is 16.4. The van der Waals surface area contributed by atoms with E-state index in [-0.39, 0.29) is 29.7 Å². The minimum Gasteiger partial charge on any atom is -0.381 e. The molecule has 0 aromatic heterocycles. The van der Waals surface area contributed by atoms with Gasteiger partial charge in [0.25, 0.3) is 5.91 Å². The van der Waals surface area contributed by atoms with Crippen LogP contribution in [-0.4, -0.2) is 81.3 Å². The zero-order valence-electron chi connectivity index (χ0n) is 26.6. The van der Waals surface area contributed by atoms with Gasteiger partial charge in [0, 0.05) is 69.3 Å². The predicted octanol–water partition coefficient (Wildman–Crippen LogP) is 4.35. The molecule has 3 aliphatic heterocycles. The number of carbonyl (C=O) groups is 2. The molecule has 3 aliphatic rings. The first-order chi connectivity index (χ1) is 20.8. The van der Waals surface area contributed by atoms with Crippen molar-refractivity contribution in [2.45, 2.75) is 72.0 Å². The molecule has 5 rings (SSSR count). The zero-order chi connectivity index (χ0) is 30.3. The normalized spacial score (nSPS) is 23.8. The summed E-state index contributed by atoms with van der Waals surface area (Å²) in [4.78, 5) is 31.5. The molecule has 3 N–H and O–H groups in total. The molecule has 2 aromatic rings. The smallest absolute Gasteiger partial charge is 0.251 e. The van der Waals surface area contributed by atoms with Crippen molar-refractivity contribution in [2.24, 2.45) is 11.8 Å². The second-order valence-corrected chi connectivity index (χ2v) is 12.8. The standard InChI is InChI=1S/C35H51N5O3/c1-5-40(30-11-17-43-18-12-30)33-21-29(28-9-7-27(8-10-28)23-39-15-6-13-36-14-16-39)20-31(26(33)4)34(41)37-22-32-24(2)19-25(3)38-35(32)42/h7-10,20-21,24-25,30,32,36H,5-6,11-19,22-23H2,1-4H3,(H,37,41)(H,38,42). The lowest BCUT2D eigenvalue weighted by Gasteiger charge is -2.37. The van der Waals surface area contributed by atoms with Crippen molar-refractivity contribution in [1.82, 2.24) is 20.9 Å². The molecule has 2 aromatic carbocycles. The van der Waals surface area contributed by atoms with Crippen LogP contribution in [0.3, 0.4) is 0 Å². The van der Waals surface area contributed by atoms with Gasteiger partial charge in [-0.3, -0.25) is 14.5 Å². The molecule has 8 nitrogen and oxygen atoms in total. The maximum Gasteiger partial charge on any atom is 0.251 e. The highest BCUT2D eigenvalue weighted by Gasteiger charge is 2.33. The van der Waals surface area contributed by atoms with Gasteiger partial charge in [0.1, 0.15) is 0 Å². The van der Waals surface area contributed by atoms with E-state index < -0.39 is 0 Å². The molecule has 3 heterocycles. The van der Waals surface area contributed by atoms with E-state index in [4.69, 9.17) is 4.74 Å². The summed E-state index contributed by atoms with van der Waals surface area (Å²) < 4.78 is 5.67. The van der Waals surface area contributed by atoms with E-state index in [1.807, 2.05) is 13.0 Å². The van der Waals surface area contributed by atoms with Crippen LogP contribution in [0.2, 0.25) is 0 Å². The SMILES string of the molecule is CCN(c1cc(-c2ccc(CN3CCCNCC3)cc2)cc(C(=O)NCC2C(=O)NC(C)CC2C)c1C)C1CCOCC1. The fourth-order valence-electron chi connectivity index (χ4n) is 7.12. The summed E-state index contributed by atoms with van der Waals surface area (Å²) in [7, 11) is 0. The van der Waals surface area contributed by atoms with Gasteiger partial charge in [-0.05, 0) is 99.8 Å². The largest absolute Gasteiger partial charge is 0.381 e.